The van der Waals surface area contributed by atoms with Crippen molar-refractivity contribution >= 4 is 39.2 Å². The Labute approximate surface area is 168 Å². The van der Waals surface area contributed by atoms with Crippen molar-refractivity contribution in [3.63, 3.8) is 0 Å². The fraction of sp³-hybridized carbons (Fsp3) is 0.600. The van der Waals surface area contributed by atoms with E-state index in [9.17, 15) is 4.79 Å². The smallest absolute Gasteiger partial charge is 0.274 e. The van der Waals surface area contributed by atoms with Crippen LogP contribution in [0.3, 0.4) is 0 Å². The highest BCUT2D eigenvalue weighted by atomic mass is 32.2. The fourth-order valence-electron chi connectivity index (χ4n) is 3.76. The van der Waals surface area contributed by atoms with Gasteiger partial charge < -0.3 is 14.4 Å². The molecule has 1 amide bonds. The van der Waals surface area contributed by atoms with Crippen molar-refractivity contribution in [2.45, 2.75) is 49.9 Å². The Hall–Kier alpha value is -1.47. The van der Waals surface area contributed by atoms with Gasteiger partial charge in [0.05, 0.1) is 23.1 Å². The lowest BCUT2D eigenvalue weighted by Crippen LogP contribution is -2.42. The number of thiazole rings is 1. The first-order valence-electron chi connectivity index (χ1n) is 9.72. The molecule has 1 aliphatic heterocycles. The van der Waals surface area contributed by atoms with Gasteiger partial charge >= 0.3 is 0 Å². The summed E-state index contributed by atoms with van der Waals surface area (Å²) in [5.41, 5.74) is 0.908. The molecule has 4 rings (SSSR count). The van der Waals surface area contributed by atoms with E-state index in [4.69, 9.17) is 9.47 Å². The van der Waals surface area contributed by atoms with Crippen LogP contribution in [0.5, 0.6) is 10.9 Å². The Morgan fingerprint density at radius 3 is 2.78 bits per heavy atom. The van der Waals surface area contributed by atoms with E-state index in [1.165, 1.54) is 25.7 Å². The molecule has 1 aliphatic carbocycles. The molecule has 1 saturated carbocycles. The lowest BCUT2D eigenvalue weighted by Gasteiger charge is -2.31. The Morgan fingerprint density at radius 2 is 2.04 bits per heavy atom. The van der Waals surface area contributed by atoms with Gasteiger partial charge in [0, 0.05) is 37.2 Å². The van der Waals surface area contributed by atoms with Crippen LogP contribution in [0.15, 0.2) is 18.2 Å². The lowest BCUT2D eigenvalue weighted by molar-refractivity contribution is -0.130. The quantitative estimate of drug-likeness (QED) is 0.714. The summed E-state index contributed by atoms with van der Waals surface area (Å²) in [6, 6.07) is 5.89. The van der Waals surface area contributed by atoms with E-state index in [1.807, 2.05) is 34.9 Å². The number of amides is 1. The zero-order chi connectivity index (χ0) is 18.6. The highest BCUT2D eigenvalue weighted by molar-refractivity contribution is 8.00. The maximum atomic E-state index is 12.4. The highest BCUT2D eigenvalue weighted by Gasteiger charge is 2.26. The number of benzene rings is 1. The van der Waals surface area contributed by atoms with Gasteiger partial charge in [-0.1, -0.05) is 24.2 Å². The molecular weight excluding hydrogens is 380 g/mol. The largest absolute Gasteiger partial charge is 0.497 e. The van der Waals surface area contributed by atoms with Gasteiger partial charge in [-0.2, -0.15) is 0 Å². The SMILES string of the molecule is COc1ccc2sc(OC3CCN(C(=O)CSC4CCCC4)CC3)nc2c1. The second-order valence-electron chi connectivity index (χ2n) is 7.23. The fourth-order valence-corrected chi connectivity index (χ4v) is 5.85. The van der Waals surface area contributed by atoms with E-state index >= 15 is 0 Å². The molecule has 1 saturated heterocycles. The Bertz CT molecular complexity index is 781. The number of carbonyl (C=O) groups excluding carboxylic acids is 1. The van der Waals surface area contributed by atoms with E-state index in [0.29, 0.717) is 16.2 Å². The Balaban J connectivity index is 1.26. The van der Waals surface area contributed by atoms with Crippen LogP contribution < -0.4 is 9.47 Å². The molecule has 146 valence electrons. The van der Waals surface area contributed by atoms with E-state index in [0.717, 1.165) is 41.9 Å². The molecule has 2 aliphatic rings. The van der Waals surface area contributed by atoms with E-state index in [-0.39, 0.29) is 12.0 Å². The number of likely N-dealkylation sites (tertiary alicyclic amines) is 1. The number of aromatic nitrogens is 1. The number of nitrogens with zero attached hydrogens (tertiary/aromatic N) is 2. The van der Waals surface area contributed by atoms with Crippen LogP contribution in [-0.2, 0) is 4.79 Å². The first kappa shape index (κ1) is 18.9. The summed E-state index contributed by atoms with van der Waals surface area (Å²) < 4.78 is 12.5. The van der Waals surface area contributed by atoms with Gasteiger partial charge in [-0.15, -0.1) is 11.8 Å². The van der Waals surface area contributed by atoms with Crippen LogP contribution in [0.1, 0.15) is 38.5 Å². The number of hydrogen-bond donors (Lipinski definition) is 0. The van der Waals surface area contributed by atoms with Gasteiger partial charge in [0.25, 0.3) is 5.19 Å². The van der Waals surface area contributed by atoms with Gasteiger partial charge in [-0.25, -0.2) is 4.98 Å². The van der Waals surface area contributed by atoms with Crippen molar-refractivity contribution in [2.24, 2.45) is 0 Å². The van der Waals surface area contributed by atoms with Gasteiger partial charge in [-0.05, 0) is 25.0 Å². The lowest BCUT2D eigenvalue weighted by atomic mass is 10.1. The molecule has 0 spiro atoms. The number of hydrogen-bond acceptors (Lipinski definition) is 6. The first-order valence-corrected chi connectivity index (χ1v) is 11.6. The molecular formula is C20H26N2O3S2. The number of carbonyl (C=O) groups is 1. The summed E-state index contributed by atoms with van der Waals surface area (Å²) in [5.74, 6) is 1.73. The molecule has 0 bridgehead atoms. The predicted molar refractivity (Wildman–Crippen MR) is 111 cm³/mol. The number of fused-ring (bicyclic) bond motifs is 1. The van der Waals surface area contributed by atoms with Crippen LogP contribution in [0.2, 0.25) is 0 Å². The minimum absolute atomic E-state index is 0.138. The van der Waals surface area contributed by atoms with Gasteiger partial charge in [-0.3, -0.25) is 4.79 Å². The molecule has 1 aromatic heterocycles. The maximum Gasteiger partial charge on any atom is 0.274 e. The van der Waals surface area contributed by atoms with Gasteiger partial charge in [0.1, 0.15) is 11.9 Å². The molecule has 27 heavy (non-hydrogen) atoms. The summed E-state index contributed by atoms with van der Waals surface area (Å²) in [7, 11) is 1.66. The zero-order valence-electron chi connectivity index (χ0n) is 15.7. The number of piperidine rings is 1. The summed E-state index contributed by atoms with van der Waals surface area (Å²) >= 11 is 3.42. The van der Waals surface area contributed by atoms with Crippen molar-refractivity contribution < 1.29 is 14.3 Å². The van der Waals surface area contributed by atoms with E-state index < -0.39 is 0 Å². The third-order valence-electron chi connectivity index (χ3n) is 5.38. The van der Waals surface area contributed by atoms with E-state index in [2.05, 4.69) is 4.98 Å². The van der Waals surface area contributed by atoms with Crippen molar-refractivity contribution in [3.8, 4) is 10.9 Å². The minimum Gasteiger partial charge on any atom is -0.497 e. The Morgan fingerprint density at radius 1 is 1.26 bits per heavy atom. The molecule has 2 aromatic rings. The molecule has 7 heteroatoms. The second kappa shape index (κ2) is 8.69. The third-order valence-corrected chi connectivity index (χ3v) is 7.67. The van der Waals surface area contributed by atoms with Crippen LogP contribution in [0.25, 0.3) is 10.2 Å². The molecule has 1 aromatic carbocycles. The molecule has 0 unspecified atom stereocenters. The molecule has 0 atom stereocenters. The molecule has 0 N–H and O–H groups in total. The molecule has 2 heterocycles. The van der Waals surface area contributed by atoms with Crippen LogP contribution >= 0.6 is 23.1 Å². The minimum atomic E-state index is 0.138. The first-order chi connectivity index (χ1) is 13.2. The normalized spacial score (nSPS) is 18.9. The average molecular weight is 407 g/mol. The molecule has 2 fully saturated rings. The van der Waals surface area contributed by atoms with Crippen LogP contribution in [0, 0.1) is 0 Å². The second-order valence-corrected chi connectivity index (χ2v) is 9.51. The number of ether oxygens (including phenoxy) is 2. The van der Waals surface area contributed by atoms with Crippen LogP contribution in [0.4, 0.5) is 0 Å². The summed E-state index contributed by atoms with van der Waals surface area (Å²) in [6.07, 6.45) is 7.10. The standard InChI is InChI=1S/C20H26N2O3S2/c1-24-15-6-7-18-17(12-15)21-20(27-18)25-14-8-10-22(11-9-14)19(23)13-26-16-4-2-3-5-16/h6-7,12,14,16H,2-5,8-11,13H2,1H3. The van der Waals surface area contributed by atoms with Crippen molar-refractivity contribution in [1.82, 2.24) is 9.88 Å². The number of methoxy groups -OCH3 is 1. The summed E-state index contributed by atoms with van der Waals surface area (Å²) in [6.45, 7) is 1.57. The highest BCUT2D eigenvalue weighted by Crippen LogP contribution is 2.32. The van der Waals surface area contributed by atoms with Crippen molar-refractivity contribution in [2.75, 3.05) is 26.0 Å². The monoisotopic (exact) mass is 406 g/mol. The summed E-state index contributed by atoms with van der Waals surface area (Å²) in [5, 5.41) is 1.41. The summed E-state index contributed by atoms with van der Waals surface area (Å²) in [4.78, 5) is 19.0. The number of rotatable bonds is 6. The maximum absolute atomic E-state index is 12.4. The van der Waals surface area contributed by atoms with Gasteiger partial charge in [0.2, 0.25) is 5.91 Å². The molecule has 5 nitrogen and oxygen atoms in total. The van der Waals surface area contributed by atoms with Crippen LogP contribution in [-0.4, -0.2) is 53.1 Å². The number of thioether (sulfide) groups is 1. The Kier molecular flexibility index (Phi) is 6.08. The van der Waals surface area contributed by atoms with Crippen molar-refractivity contribution in [1.29, 1.82) is 0 Å². The average Bonchev–Trinajstić information content (AvgIpc) is 3.35. The molecule has 0 radical (unpaired) electrons. The van der Waals surface area contributed by atoms with E-state index in [1.54, 1.807) is 18.4 Å². The van der Waals surface area contributed by atoms with Crippen molar-refractivity contribution in [3.05, 3.63) is 18.2 Å². The van der Waals surface area contributed by atoms with Gasteiger partial charge in [0.15, 0.2) is 0 Å². The third kappa shape index (κ3) is 4.69. The predicted octanol–water partition coefficient (Wildman–Crippen LogP) is 4.35. The zero-order valence-corrected chi connectivity index (χ0v) is 17.3. The topological polar surface area (TPSA) is 51.7 Å².